The van der Waals surface area contributed by atoms with Gasteiger partial charge in [-0.3, -0.25) is 4.72 Å². The third-order valence-corrected chi connectivity index (χ3v) is 4.97. The van der Waals surface area contributed by atoms with Gasteiger partial charge in [0.15, 0.2) is 0 Å². The molecule has 2 rings (SSSR count). The first-order valence-electron chi connectivity index (χ1n) is 5.65. The molecule has 2 aromatic rings. The molecule has 0 aromatic heterocycles. The van der Waals surface area contributed by atoms with Gasteiger partial charge in [-0.2, -0.15) is 0 Å². The number of rotatable bonds is 4. The van der Waals surface area contributed by atoms with E-state index in [9.17, 15) is 8.42 Å². The standard InChI is InChI=1S/C13H13BrN2O3S/c1-19-12-8-9(15)6-7-11(12)16-20(17,18)13-5-3-2-4-10(13)14/h2-8,16H,15H2,1H3. The van der Waals surface area contributed by atoms with Crippen LogP contribution in [0.1, 0.15) is 0 Å². The average molecular weight is 357 g/mol. The van der Waals surface area contributed by atoms with Gasteiger partial charge in [-0.25, -0.2) is 8.42 Å². The van der Waals surface area contributed by atoms with E-state index in [0.717, 1.165) is 0 Å². The van der Waals surface area contributed by atoms with Crippen molar-refractivity contribution in [1.29, 1.82) is 0 Å². The highest BCUT2D eigenvalue weighted by Gasteiger charge is 2.19. The van der Waals surface area contributed by atoms with Crippen LogP contribution in [0.4, 0.5) is 11.4 Å². The molecule has 0 spiro atoms. The summed E-state index contributed by atoms with van der Waals surface area (Å²) in [5, 5.41) is 0. The van der Waals surface area contributed by atoms with Gasteiger partial charge in [-0.1, -0.05) is 12.1 Å². The molecule has 106 valence electrons. The van der Waals surface area contributed by atoms with E-state index in [1.165, 1.54) is 13.2 Å². The highest BCUT2D eigenvalue weighted by molar-refractivity contribution is 9.10. The lowest BCUT2D eigenvalue weighted by Gasteiger charge is -2.13. The Morgan fingerprint density at radius 2 is 1.90 bits per heavy atom. The van der Waals surface area contributed by atoms with E-state index in [4.69, 9.17) is 10.5 Å². The maximum Gasteiger partial charge on any atom is 0.263 e. The van der Waals surface area contributed by atoms with Crippen LogP contribution in [0, 0.1) is 0 Å². The van der Waals surface area contributed by atoms with Crippen molar-refractivity contribution < 1.29 is 13.2 Å². The molecule has 0 saturated carbocycles. The Labute approximate surface area is 125 Å². The summed E-state index contributed by atoms with van der Waals surface area (Å²) in [7, 11) is -2.26. The fourth-order valence-corrected chi connectivity index (χ4v) is 3.73. The Morgan fingerprint density at radius 3 is 2.55 bits per heavy atom. The van der Waals surface area contributed by atoms with E-state index in [-0.39, 0.29) is 4.90 Å². The molecule has 2 aromatic carbocycles. The predicted molar refractivity (Wildman–Crippen MR) is 82.4 cm³/mol. The number of hydrogen-bond donors (Lipinski definition) is 2. The van der Waals surface area contributed by atoms with Crippen molar-refractivity contribution in [3.05, 3.63) is 46.9 Å². The molecule has 0 bridgehead atoms. The van der Waals surface area contributed by atoms with E-state index < -0.39 is 10.0 Å². The number of nitrogens with one attached hydrogen (secondary N) is 1. The maximum atomic E-state index is 12.3. The zero-order valence-electron chi connectivity index (χ0n) is 10.6. The largest absolute Gasteiger partial charge is 0.494 e. The van der Waals surface area contributed by atoms with Gasteiger partial charge in [0.2, 0.25) is 0 Å². The first-order valence-corrected chi connectivity index (χ1v) is 7.92. The van der Waals surface area contributed by atoms with Crippen LogP contribution in [-0.2, 0) is 10.0 Å². The molecule has 5 nitrogen and oxygen atoms in total. The molecule has 3 N–H and O–H groups in total. The molecule has 20 heavy (non-hydrogen) atoms. The second-order valence-corrected chi connectivity index (χ2v) is 6.50. The molecule has 0 unspecified atom stereocenters. The monoisotopic (exact) mass is 356 g/mol. The lowest BCUT2D eigenvalue weighted by molar-refractivity contribution is 0.417. The van der Waals surface area contributed by atoms with Crippen LogP contribution in [0.5, 0.6) is 5.75 Å². The Hall–Kier alpha value is -1.73. The highest BCUT2D eigenvalue weighted by Crippen LogP contribution is 2.30. The van der Waals surface area contributed by atoms with Crippen LogP contribution in [-0.4, -0.2) is 15.5 Å². The number of halogens is 1. The van der Waals surface area contributed by atoms with Crippen LogP contribution in [0.25, 0.3) is 0 Å². The fraction of sp³-hybridized carbons (Fsp3) is 0.0769. The fourth-order valence-electron chi connectivity index (χ4n) is 1.65. The minimum Gasteiger partial charge on any atom is -0.494 e. The van der Waals surface area contributed by atoms with Crippen LogP contribution in [0.3, 0.4) is 0 Å². The minimum absolute atomic E-state index is 0.152. The molecule has 0 saturated heterocycles. The van der Waals surface area contributed by atoms with Gasteiger partial charge in [-0.05, 0) is 40.2 Å². The number of nitrogens with two attached hydrogens (primary N) is 1. The van der Waals surface area contributed by atoms with Crippen molar-refractivity contribution in [3.8, 4) is 5.75 Å². The van der Waals surface area contributed by atoms with Gasteiger partial charge in [-0.15, -0.1) is 0 Å². The van der Waals surface area contributed by atoms with Crippen molar-refractivity contribution >= 4 is 37.3 Å². The van der Waals surface area contributed by atoms with Crippen molar-refractivity contribution in [3.63, 3.8) is 0 Å². The summed E-state index contributed by atoms with van der Waals surface area (Å²) >= 11 is 3.22. The summed E-state index contributed by atoms with van der Waals surface area (Å²) in [5.41, 5.74) is 6.46. The predicted octanol–water partition coefficient (Wildman–Crippen LogP) is 2.84. The van der Waals surface area contributed by atoms with Crippen molar-refractivity contribution in [2.75, 3.05) is 17.6 Å². The van der Waals surface area contributed by atoms with Gasteiger partial charge in [0, 0.05) is 16.2 Å². The van der Waals surface area contributed by atoms with Crippen molar-refractivity contribution in [2.24, 2.45) is 0 Å². The number of sulfonamides is 1. The number of methoxy groups -OCH3 is 1. The number of benzene rings is 2. The summed E-state index contributed by atoms with van der Waals surface area (Å²) in [4.78, 5) is 0.152. The van der Waals surface area contributed by atoms with Crippen LogP contribution >= 0.6 is 15.9 Å². The van der Waals surface area contributed by atoms with Gasteiger partial charge < -0.3 is 10.5 Å². The summed E-state index contributed by atoms with van der Waals surface area (Å²) < 4.78 is 32.8. The zero-order chi connectivity index (χ0) is 14.8. The normalized spacial score (nSPS) is 11.1. The highest BCUT2D eigenvalue weighted by atomic mass is 79.9. The van der Waals surface area contributed by atoms with E-state index in [2.05, 4.69) is 20.7 Å². The summed E-state index contributed by atoms with van der Waals surface area (Å²) in [6, 6.07) is 11.3. The Morgan fingerprint density at radius 1 is 1.20 bits per heavy atom. The van der Waals surface area contributed by atoms with Crippen molar-refractivity contribution in [1.82, 2.24) is 0 Å². The first kappa shape index (κ1) is 14.7. The topological polar surface area (TPSA) is 81.4 Å². The SMILES string of the molecule is COc1cc(N)ccc1NS(=O)(=O)c1ccccc1Br. The molecule has 0 radical (unpaired) electrons. The Kier molecular flexibility index (Phi) is 4.20. The lowest BCUT2D eigenvalue weighted by Crippen LogP contribution is -2.14. The third kappa shape index (κ3) is 3.05. The number of anilines is 2. The molecule has 0 aliphatic carbocycles. The average Bonchev–Trinajstić information content (AvgIpc) is 2.41. The van der Waals surface area contributed by atoms with Crippen molar-refractivity contribution in [2.45, 2.75) is 4.90 Å². The second kappa shape index (κ2) is 5.72. The molecule has 0 heterocycles. The molecule has 7 heteroatoms. The Balaban J connectivity index is 2.41. The van der Waals surface area contributed by atoms with E-state index >= 15 is 0 Å². The van der Waals surface area contributed by atoms with Crippen LogP contribution in [0.2, 0.25) is 0 Å². The Bertz CT molecular complexity index is 732. The lowest BCUT2D eigenvalue weighted by atomic mass is 10.2. The number of hydrogen-bond acceptors (Lipinski definition) is 4. The minimum atomic E-state index is -3.71. The maximum absolute atomic E-state index is 12.3. The second-order valence-electron chi connectivity index (χ2n) is 4.00. The number of ether oxygens (including phenoxy) is 1. The van der Waals surface area contributed by atoms with Gasteiger partial charge >= 0.3 is 0 Å². The van der Waals surface area contributed by atoms with Gasteiger partial charge in [0.1, 0.15) is 10.6 Å². The molecule has 0 fully saturated rings. The molecular weight excluding hydrogens is 344 g/mol. The van der Waals surface area contributed by atoms with E-state index in [0.29, 0.717) is 21.6 Å². The summed E-state index contributed by atoms with van der Waals surface area (Å²) in [6.07, 6.45) is 0. The molecular formula is C13H13BrN2O3S. The molecule has 0 amide bonds. The molecule has 0 aliphatic rings. The van der Waals surface area contributed by atoms with Gasteiger partial charge in [0.05, 0.1) is 12.8 Å². The number of nitrogen functional groups attached to an aromatic ring is 1. The third-order valence-electron chi connectivity index (χ3n) is 2.60. The first-order chi connectivity index (χ1) is 9.44. The molecule has 0 atom stereocenters. The van der Waals surface area contributed by atoms with Crippen LogP contribution in [0.15, 0.2) is 51.8 Å². The quantitative estimate of drug-likeness (QED) is 0.825. The molecule has 0 aliphatic heterocycles. The summed E-state index contributed by atoms with van der Waals surface area (Å²) in [5.74, 6) is 0.362. The van der Waals surface area contributed by atoms with Crippen LogP contribution < -0.4 is 15.2 Å². The summed E-state index contributed by atoms with van der Waals surface area (Å²) in [6.45, 7) is 0. The van der Waals surface area contributed by atoms with Gasteiger partial charge in [0.25, 0.3) is 10.0 Å². The smallest absolute Gasteiger partial charge is 0.263 e. The zero-order valence-corrected chi connectivity index (χ0v) is 13.0. The van der Waals surface area contributed by atoms with E-state index in [1.807, 2.05) is 0 Å². The van der Waals surface area contributed by atoms with E-state index in [1.54, 1.807) is 36.4 Å².